The summed E-state index contributed by atoms with van der Waals surface area (Å²) in [6.45, 7) is 13.7. The van der Waals surface area contributed by atoms with Gasteiger partial charge in [-0.25, -0.2) is 0 Å². The Labute approximate surface area is 146 Å². The molecule has 0 atom stereocenters. The molecule has 0 amide bonds. The zero-order valence-corrected chi connectivity index (χ0v) is 15.4. The van der Waals surface area contributed by atoms with Crippen LogP contribution in [0.2, 0.25) is 0 Å². The largest absolute Gasteiger partial charge is 0.506 e. The summed E-state index contributed by atoms with van der Waals surface area (Å²) in [7, 11) is 0. The van der Waals surface area contributed by atoms with Crippen LogP contribution in [0.4, 0.5) is 0 Å². The number of aromatic nitrogens is 1. The summed E-state index contributed by atoms with van der Waals surface area (Å²) >= 11 is 0. The van der Waals surface area contributed by atoms with Crippen molar-refractivity contribution in [2.24, 2.45) is 0 Å². The molecule has 0 saturated heterocycles. The number of pyridine rings is 1. The van der Waals surface area contributed by atoms with Crippen molar-refractivity contribution >= 4 is 5.57 Å². The van der Waals surface area contributed by atoms with Gasteiger partial charge >= 0.3 is 0 Å². The zero-order chi connectivity index (χ0) is 18.4. The highest BCUT2D eigenvalue weighted by Gasteiger charge is 2.14. The molecule has 0 saturated carbocycles. The zero-order valence-electron chi connectivity index (χ0n) is 15.4. The molecule has 0 bridgehead atoms. The molecule has 1 aliphatic heterocycles. The highest BCUT2D eigenvalue weighted by atomic mass is 16.5. The SMILES string of the molecule is C/C=C\C.C=CC1=C(/C=C/C)CC(c2ccc(O)cn2)=CO1.CC. The Hall–Kier alpha value is -2.55. The first-order valence-corrected chi connectivity index (χ1v) is 8.22. The third kappa shape index (κ3) is 7.14. The number of allylic oxidation sites excluding steroid dienone is 7. The molecule has 0 aromatic carbocycles. The lowest BCUT2D eigenvalue weighted by molar-refractivity contribution is 0.358. The lowest BCUT2D eigenvalue weighted by Crippen LogP contribution is -2.00. The van der Waals surface area contributed by atoms with Gasteiger partial charge in [0.2, 0.25) is 0 Å². The minimum atomic E-state index is 0.159. The van der Waals surface area contributed by atoms with Crippen molar-refractivity contribution < 1.29 is 9.84 Å². The molecule has 0 unspecified atom stereocenters. The molecule has 3 nitrogen and oxygen atoms in total. The van der Waals surface area contributed by atoms with Crippen molar-refractivity contribution in [3.05, 3.63) is 78.6 Å². The molecule has 0 aliphatic carbocycles. The Balaban J connectivity index is 0.000000773. The topological polar surface area (TPSA) is 42.4 Å². The lowest BCUT2D eigenvalue weighted by atomic mass is 10.00. The van der Waals surface area contributed by atoms with Crippen molar-refractivity contribution in [1.29, 1.82) is 0 Å². The summed E-state index contributed by atoms with van der Waals surface area (Å²) in [6.07, 6.45) is 13.5. The van der Waals surface area contributed by atoms with Gasteiger partial charge in [0.1, 0.15) is 11.5 Å². The monoisotopic (exact) mass is 327 g/mol. The van der Waals surface area contributed by atoms with Crippen LogP contribution in [0.15, 0.2) is 72.9 Å². The lowest BCUT2D eigenvalue weighted by Gasteiger charge is -2.17. The third-order valence-corrected chi connectivity index (χ3v) is 2.99. The molecule has 0 radical (unpaired) electrons. The molecule has 2 rings (SSSR count). The van der Waals surface area contributed by atoms with Crippen LogP contribution < -0.4 is 0 Å². The van der Waals surface area contributed by atoms with E-state index >= 15 is 0 Å². The van der Waals surface area contributed by atoms with E-state index in [2.05, 4.69) is 11.6 Å². The number of aromatic hydroxyl groups is 1. The van der Waals surface area contributed by atoms with E-state index in [1.807, 2.05) is 58.9 Å². The summed E-state index contributed by atoms with van der Waals surface area (Å²) in [5.74, 6) is 0.933. The predicted octanol–water partition coefficient (Wildman–Crippen LogP) is 6.17. The van der Waals surface area contributed by atoms with Crippen molar-refractivity contribution in [3.63, 3.8) is 0 Å². The molecule has 2 heterocycles. The fourth-order valence-corrected chi connectivity index (χ4v) is 1.79. The van der Waals surface area contributed by atoms with Crippen LogP contribution in [0.1, 0.15) is 46.7 Å². The maximum absolute atomic E-state index is 9.22. The van der Waals surface area contributed by atoms with E-state index in [0.717, 1.165) is 29.0 Å². The van der Waals surface area contributed by atoms with Crippen LogP contribution in [0.25, 0.3) is 5.57 Å². The molecular weight excluding hydrogens is 298 g/mol. The van der Waals surface area contributed by atoms with E-state index in [9.17, 15) is 5.11 Å². The molecule has 1 aliphatic rings. The van der Waals surface area contributed by atoms with Gasteiger partial charge < -0.3 is 9.84 Å². The highest BCUT2D eigenvalue weighted by Crippen LogP contribution is 2.30. The van der Waals surface area contributed by atoms with Crippen LogP contribution in [0, 0.1) is 0 Å². The third-order valence-electron chi connectivity index (χ3n) is 2.99. The van der Waals surface area contributed by atoms with E-state index in [4.69, 9.17) is 4.74 Å². The van der Waals surface area contributed by atoms with Gasteiger partial charge in [-0.05, 0) is 44.6 Å². The number of nitrogens with zero attached hydrogens (tertiary/aromatic N) is 1. The first-order chi connectivity index (χ1) is 11.7. The Kier molecular flexibility index (Phi) is 11.6. The van der Waals surface area contributed by atoms with Gasteiger partial charge in [-0.1, -0.05) is 44.7 Å². The summed E-state index contributed by atoms with van der Waals surface area (Å²) in [6, 6.07) is 3.39. The van der Waals surface area contributed by atoms with Gasteiger partial charge in [0.15, 0.2) is 0 Å². The number of rotatable bonds is 3. The second kappa shape index (κ2) is 12.9. The highest BCUT2D eigenvalue weighted by molar-refractivity contribution is 5.67. The van der Waals surface area contributed by atoms with Crippen molar-refractivity contribution in [2.45, 2.75) is 41.0 Å². The van der Waals surface area contributed by atoms with E-state index < -0.39 is 0 Å². The van der Waals surface area contributed by atoms with Crippen LogP contribution >= 0.6 is 0 Å². The smallest absolute Gasteiger partial charge is 0.133 e. The Bertz CT molecular complexity index is 601. The van der Waals surface area contributed by atoms with Crippen molar-refractivity contribution in [1.82, 2.24) is 4.98 Å². The summed E-state index contributed by atoms with van der Waals surface area (Å²) in [4.78, 5) is 4.18. The van der Waals surface area contributed by atoms with Gasteiger partial charge in [0, 0.05) is 12.0 Å². The minimum absolute atomic E-state index is 0.159. The van der Waals surface area contributed by atoms with E-state index in [-0.39, 0.29) is 5.75 Å². The fraction of sp³-hybridized carbons (Fsp3) is 0.286. The Morgan fingerprint density at radius 2 is 1.79 bits per heavy atom. The molecule has 130 valence electrons. The maximum Gasteiger partial charge on any atom is 0.133 e. The van der Waals surface area contributed by atoms with Gasteiger partial charge in [0.25, 0.3) is 0 Å². The molecule has 24 heavy (non-hydrogen) atoms. The van der Waals surface area contributed by atoms with Gasteiger partial charge in [-0.15, -0.1) is 0 Å². The van der Waals surface area contributed by atoms with Crippen LogP contribution in [-0.2, 0) is 4.74 Å². The second-order valence-electron chi connectivity index (χ2n) is 4.60. The maximum atomic E-state index is 9.22. The Morgan fingerprint density at radius 1 is 1.12 bits per heavy atom. The Morgan fingerprint density at radius 3 is 2.25 bits per heavy atom. The number of hydrogen-bond acceptors (Lipinski definition) is 3. The first-order valence-electron chi connectivity index (χ1n) is 8.22. The molecule has 0 fully saturated rings. The quantitative estimate of drug-likeness (QED) is 0.675. The molecular formula is C21H29NO2. The number of ether oxygens (including phenoxy) is 1. The molecule has 1 N–H and O–H groups in total. The normalized spacial score (nSPS) is 13.5. The summed E-state index contributed by atoms with van der Waals surface area (Å²) in [5.41, 5.74) is 2.85. The van der Waals surface area contributed by atoms with E-state index in [0.29, 0.717) is 0 Å². The second-order valence-corrected chi connectivity index (χ2v) is 4.60. The minimum Gasteiger partial charge on any atom is -0.506 e. The molecule has 0 spiro atoms. The van der Waals surface area contributed by atoms with E-state index in [1.165, 1.54) is 6.20 Å². The average molecular weight is 327 g/mol. The van der Waals surface area contributed by atoms with E-state index in [1.54, 1.807) is 24.5 Å². The van der Waals surface area contributed by atoms with Gasteiger partial charge in [-0.3, -0.25) is 4.98 Å². The molecule has 3 heteroatoms. The predicted molar refractivity (Wildman–Crippen MR) is 103 cm³/mol. The standard InChI is InChI=1S/C15H15NO2.C4H8.C2H6/c1-3-5-11-8-12(10-18-15(11)4-2)14-7-6-13(17)9-16-14;1-3-4-2;1-2/h3-7,9-10,17H,2,8H2,1H3;3-4H,1-2H3;1-2H3/b5-3+;4-3-;. The molecule has 1 aromatic heterocycles. The van der Waals surface area contributed by atoms with Crippen LogP contribution in [-0.4, -0.2) is 10.1 Å². The number of hydrogen-bond donors (Lipinski definition) is 1. The van der Waals surface area contributed by atoms with Crippen molar-refractivity contribution in [2.75, 3.05) is 0 Å². The van der Waals surface area contributed by atoms with Crippen LogP contribution in [0.5, 0.6) is 5.75 Å². The summed E-state index contributed by atoms with van der Waals surface area (Å²) in [5, 5.41) is 9.22. The van der Waals surface area contributed by atoms with Crippen LogP contribution in [0.3, 0.4) is 0 Å². The first kappa shape index (κ1) is 21.4. The van der Waals surface area contributed by atoms with Crippen molar-refractivity contribution in [3.8, 4) is 5.75 Å². The fourth-order valence-electron chi connectivity index (χ4n) is 1.79. The average Bonchev–Trinajstić information content (AvgIpc) is 2.64. The van der Waals surface area contributed by atoms with Gasteiger partial charge in [-0.2, -0.15) is 0 Å². The molecule has 1 aromatic rings. The summed E-state index contributed by atoms with van der Waals surface area (Å²) < 4.78 is 5.54. The van der Waals surface area contributed by atoms with Gasteiger partial charge in [0.05, 0.1) is 18.2 Å².